The van der Waals surface area contributed by atoms with E-state index in [2.05, 4.69) is 83.5 Å². The van der Waals surface area contributed by atoms with Gasteiger partial charge in [0.05, 0.1) is 5.69 Å². The van der Waals surface area contributed by atoms with Crippen molar-refractivity contribution in [1.29, 1.82) is 0 Å². The Kier molecular flexibility index (Phi) is 5.20. The molecule has 1 fully saturated rings. The van der Waals surface area contributed by atoms with Gasteiger partial charge in [0.25, 0.3) is 0 Å². The summed E-state index contributed by atoms with van der Waals surface area (Å²) < 4.78 is 0. The first-order valence-corrected chi connectivity index (χ1v) is 11.1. The van der Waals surface area contributed by atoms with E-state index in [-0.39, 0.29) is 0 Å². The Balaban J connectivity index is 1.21. The van der Waals surface area contributed by atoms with Crippen LogP contribution in [0.25, 0.3) is 5.70 Å². The van der Waals surface area contributed by atoms with E-state index in [4.69, 9.17) is 4.98 Å². The average molecular weight is 430 g/mol. The van der Waals surface area contributed by atoms with Crippen molar-refractivity contribution in [3.05, 3.63) is 83.2 Å². The quantitative estimate of drug-likeness (QED) is 0.571. The van der Waals surface area contributed by atoms with Gasteiger partial charge in [-0.1, -0.05) is 24.8 Å². The Bertz CT molecular complexity index is 1130. The lowest BCUT2D eigenvalue weighted by Gasteiger charge is -2.46. The molecule has 2 aliphatic rings. The zero-order chi connectivity index (χ0) is 21.5. The van der Waals surface area contributed by atoms with E-state index in [9.17, 15) is 0 Å². The standard InChI is InChI=1S/C25H27N5S/c1-16-7-17(2)9-21(8-16)27-25-26-11-20-12-30(15-24(20)28-25)22-13-29(14-22)18(3)19-5-4-6-23(31)10-19/h4-11,22,31H,3,12-15H2,1-2H3,(H,26,27,28). The molecule has 5 nitrogen and oxygen atoms in total. The van der Waals surface area contributed by atoms with E-state index in [0.717, 1.165) is 53.7 Å². The van der Waals surface area contributed by atoms with Crippen LogP contribution in [0.5, 0.6) is 0 Å². The number of fused-ring (bicyclic) bond motifs is 1. The first kappa shape index (κ1) is 20.1. The molecule has 0 aliphatic carbocycles. The number of thiol groups is 1. The van der Waals surface area contributed by atoms with Crippen LogP contribution >= 0.6 is 12.6 Å². The van der Waals surface area contributed by atoms with E-state index in [1.165, 1.54) is 16.7 Å². The van der Waals surface area contributed by atoms with E-state index in [0.29, 0.717) is 12.0 Å². The van der Waals surface area contributed by atoms with Gasteiger partial charge in [0.15, 0.2) is 0 Å². The molecular weight excluding hydrogens is 402 g/mol. The third-order valence-electron chi connectivity index (χ3n) is 6.10. The highest BCUT2D eigenvalue weighted by atomic mass is 32.1. The van der Waals surface area contributed by atoms with Crippen molar-refractivity contribution in [2.45, 2.75) is 37.9 Å². The number of anilines is 2. The second-order valence-corrected chi connectivity index (χ2v) is 9.14. The molecule has 1 aromatic heterocycles. The number of likely N-dealkylation sites (tertiary alicyclic amines) is 1. The minimum Gasteiger partial charge on any atom is -0.368 e. The van der Waals surface area contributed by atoms with Crippen molar-refractivity contribution in [1.82, 2.24) is 19.8 Å². The molecule has 2 aliphatic heterocycles. The highest BCUT2D eigenvalue weighted by molar-refractivity contribution is 7.80. The highest BCUT2D eigenvalue weighted by Gasteiger charge is 2.36. The summed E-state index contributed by atoms with van der Waals surface area (Å²) in [5, 5.41) is 3.37. The molecule has 0 unspecified atom stereocenters. The molecule has 0 radical (unpaired) electrons. The van der Waals surface area contributed by atoms with Gasteiger partial charge in [-0.2, -0.15) is 0 Å². The third kappa shape index (κ3) is 4.18. The number of aryl methyl sites for hydroxylation is 2. The predicted octanol–water partition coefficient (Wildman–Crippen LogP) is 4.80. The maximum absolute atomic E-state index is 4.81. The van der Waals surface area contributed by atoms with Gasteiger partial charge in [-0.3, -0.25) is 4.90 Å². The van der Waals surface area contributed by atoms with Crippen molar-refractivity contribution in [3.63, 3.8) is 0 Å². The molecule has 1 saturated heterocycles. The zero-order valence-electron chi connectivity index (χ0n) is 18.0. The first-order chi connectivity index (χ1) is 14.9. The van der Waals surface area contributed by atoms with Gasteiger partial charge in [-0.05, 0) is 54.8 Å². The first-order valence-electron chi connectivity index (χ1n) is 10.6. The molecule has 31 heavy (non-hydrogen) atoms. The molecule has 6 heteroatoms. The number of hydrogen-bond donors (Lipinski definition) is 2. The smallest absolute Gasteiger partial charge is 0.227 e. The molecule has 0 saturated carbocycles. The van der Waals surface area contributed by atoms with E-state index in [1.54, 1.807) is 0 Å². The molecule has 5 rings (SSSR count). The summed E-state index contributed by atoms with van der Waals surface area (Å²) in [5.41, 5.74) is 8.06. The Morgan fingerprint density at radius 1 is 1.10 bits per heavy atom. The van der Waals surface area contributed by atoms with Crippen LogP contribution < -0.4 is 5.32 Å². The van der Waals surface area contributed by atoms with Crippen LogP contribution in [-0.2, 0) is 13.1 Å². The van der Waals surface area contributed by atoms with E-state index >= 15 is 0 Å². The number of rotatable bonds is 5. The second kappa shape index (κ2) is 8.02. The lowest BCUT2D eigenvalue weighted by atomic mass is 10.0. The van der Waals surface area contributed by atoms with Gasteiger partial charge in [-0.15, -0.1) is 12.6 Å². The Morgan fingerprint density at radius 3 is 2.61 bits per heavy atom. The van der Waals surface area contributed by atoms with Gasteiger partial charge < -0.3 is 10.2 Å². The van der Waals surface area contributed by atoms with Gasteiger partial charge in [0, 0.05) is 60.3 Å². The molecule has 0 amide bonds. The van der Waals surface area contributed by atoms with Crippen LogP contribution in [-0.4, -0.2) is 38.9 Å². The van der Waals surface area contributed by atoms with Gasteiger partial charge in [0.1, 0.15) is 0 Å². The number of nitrogens with zero attached hydrogens (tertiary/aromatic N) is 4. The molecular formula is C25H27N5S. The summed E-state index contributed by atoms with van der Waals surface area (Å²) in [7, 11) is 0. The summed E-state index contributed by atoms with van der Waals surface area (Å²) in [5.74, 6) is 0.667. The summed E-state index contributed by atoms with van der Waals surface area (Å²) >= 11 is 4.45. The fraction of sp³-hybridized carbons (Fsp3) is 0.280. The normalized spacial score (nSPS) is 16.2. The number of aromatic nitrogens is 2. The lowest BCUT2D eigenvalue weighted by molar-refractivity contribution is 0.0712. The van der Waals surface area contributed by atoms with Gasteiger partial charge in [-0.25, -0.2) is 9.97 Å². The van der Waals surface area contributed by atoms with Crippen LogP contribution in [0.4, 0.5) is 11.6 Å². The van der Waals surface area contributed by atoms with E-state index < -0.39 is 0 Å². The minimum absolute atomic E-state index is 0.515. The molecule has 2 aromatic carbocycles. The Labute approximate surface area is 189 Å². The van der Waals surface area contributed by atoms with Gasteiger partial charge in [0.2, 0.25) is 5.95 Å². The van der Waals surface area contributed by atoms with Crippen LogP contribution in [0.15, 0.2) is 60.1 Å². The molecule has 0 bridgehead atoms. The predicted molar refractivity (Wildman–Crippen MR) is 129 cm³/mol. The summed E-state index contributed by atoms with van der Waals surface area (Å²) in [6.07, 6.45) is 1.97. The Morgan fingerprint density at radius 2 is 1.87 bits per heavy atom. The van der Waals surface area contributed by atoms with Crippen molar-refractivity contribution in [3.8, 4) is 0 Å². The van der Waals surface area contributed by atoms with Gasteiger partial charge >= 0.3 is 0 Å². The van der Waals surface area contributed by atoms with Crippen LogP contribution in [0.1, 0.15) is 27.9 Å². The summed E-state index contributed by atoms with van der Waals surface area (Å²) in [6.45, 7) is 12.3. The number of hydrogen-bond acceptors (Lipinski definition) is 6. The van der Waals surface area contributed by atoms with Crippen molar-refractivity contribution >= 4 is 30.0 Å². The van der Waals surface area contributed by atoms with Crippen molar-refractivity contribution in [2.24, 2.45) is 0 Å². The summed E-state index contributed by atoms with van der Waals surface area (Å²) in [6, 6.07) is 15.1. The maximum atomic E-state index is 4.81. The monoisotopic (exact) mass is 429 g/mol. The van der Waals surface area contributed by atoms with Crippen LogP contribution in [0.3, 0.4) is 0 Å². The topological polar surface area (TPSA) is 44.3 Å². The fourth-order valence-electron chi connectivity index (χ4n) is 4.45. The molecule has 0 spiro atoms. The molecule has 3 heterocycles. The second-order valence-electron chi connectivity index (χ2n) is 8.63. The largest absolute Gasteiger partial charge is 0.368 e. The van der Waals surface area contributed by atoms with Crippen molar-refractivity contribution in [2.75, 3.05) is 18.4 Å². The third-order valence-corrected chi connectivity index (χ3v) is 6.38. The van der Waals surface area contributed by atoms with E-state index in [1.807, 2.05) is 18.3 Å². The molecule has 158 valence electrons. The number of nitrogens with one attached hydrogen (secondary N) is 1. The lowest BCUT2D eigenvalue weighted by Crippen LogP contribution is -2.56. The summed E-state index contributed by atoms with van der Waals surface area (Å²) in [4.78, 5) is 15.2. The molecule has 1 N–H and O–H groups in total. The number of benzene rings is 2. The zero-order valence-corrected chi connectivity index (χ0v) is 18.9. The fourth-order valence-corrected chi connectivity index (χ4v) is 4.67. The highest BCUT2D eigenvalue weighted by Crippen LogP contribution is 2.31. The molecule has 0 atom stereocenters. The maximum Gasteiger partial charge on any atom is 0.227 e. The van der Waals surface area contributed by atoms with Crippen LogP contribution in [0, 0.1) is 13.8 Å². The Hall–Kier alpha value is -2.83. The SMILES string of the molecule is C=C(c1cccc(S)c1)N1CC(N2Cc3cnc(Nc4cc(C)cc(C)c4)nc3C2)C1. The van der Waals surface area contributed by atoms with Crippen LogP contribution in [0.2, 0.25) is 0 Å². The average Bonchev–Trinajstić information content (AvgIpc) is 3.08. The molecule has 3 aromatic rings. The van der Waals surface area contributed by atoms with Crippen molar-refractivity contribution < 1.29 is 0 Å². The minimum atomic E-state index is 0.515.